The summed E-state index contributed by atoms with van der Waals surface area (Å²) >= 11 is 0. The zero-order valence-electron chi connectivity index (χ0n) is 12.1. The number of rotatable bonds is 2. The molecule has 1 aromatic carbocycles. The van der Waals surface area contributed by atoms with E-state index in [2.05, 4.69) is 0 Å². The number of hydrogen-bond acceptors (Lipinski definition) is 2. The molecule has 0 atom stereocenters. The van der Waals surface area contributed by atoms with Crippen LogP contribution in [-0.2, 0) is 24.7 Å². The van der Waals surface area contributed by atoms with E-state index in [1.807, 2.05) is 0 Å². The standard InChI is InChI=1S/C12F14O2/c13-7(27)1-3(9(15,16)17)5(11(21,22)23)2(8(14)28)6(12(24,25)26)4(1)10(18,19)20. The average molecular weight is 442 g/mol. The van der Waals surface area contributed by atoms with Crippen LogP contribution in [0.4, 0.5) is 61.5 Å². The number of carbonyl (C=O) groups is 2. The first kappa shape index (κ1) is 23.6. The van der Waals surface area contributed by atoms with Crippen LogP contribution in [0.5, 0.6) is 0 Å². The van der Waals surface area contributed by atoms with Gasteiger partial charge in [-0.2, -0.15) is 61.5 Å². The molecule has 1 aromatic rings. The van der Waals surface area contributed by atoms with Crippen molar-refractivity contribution in [2.75, 3.05) is 0 Å². The molecule has 0 saturated heterocycles. The molecule has 1 rings (SSSR count). The van der Waals surface area contributed by atoms with Crippen LogP contribution in [-0.4, -0.2) is 12.1 Å². The van der Waals surface area contributed by atoms with E-state index in [0.29, 0.717) is 0 Å². The van der Waals surface area contributed by atoms with Crippen molar-refractivity contribution in [3.8, 4) is 0 Å². The highest BCUT2D eigenvalue weighted by atomic mass is 19.4. The Balaban J connectivity index is 4.73. The van der Waals surface area contributed by atoms with Gasteiger partial charge in [-0.1, -0.05) is 0 Å². The van der Waals surface area contributed by atoms with Gasteiger partial charge in [-0.15, -0.1) is 0 Å². The maximum absolute atomic E-state index is 12.9. The molecule has 0 heterocycles. The first-order chi connectivity index (χ1) is 12.1. The largest absolute Gasteiger partial charge is 0.417 e. The molecule has 0 aliphatic carbocycles. The fourth-order valence-corrected chi connectivity index (χ4v) is 2.28. The lowest BCUT2D eigenvalue weighted by atomic mass is 9.85. The van der Waals surface area contributed by atoms with E-state index in [1.165, 1.54) is 0 Å². The number of halogens is 14. The van der Waals surface area contributed by atoms with Gasteiger partial charge in [0.2, 0.25) is 0 Å². The lowest BCUT2D eigenvalue weighted by molar-refractivity contribution is -0.171. The Morgan fingerprint density at radius 3 is 0.643 bits per heavy atom. The molecule has 28 heavy (non-hydrogen) atoms. The Kier molecular flexibility index (Phi) is 5.55. The van der Waals surface area contributed by atoms with Crippen molar-refractivity contribution in [3.63, 3.8) is 0 Å². The summed E-state index contributed by atoms with van der Waals surface area (Å²) in [5.74, 6) is 0. The van der Waals surface area contributed by atoms with Crippen molar-refractivity contribution in [2.45, 2.75) is 24.7 Å². The SMILES string of the molecule is O=C(F)c1c(C(F)(F)F)c(C(F)(F)F)c(C(=O)F)c(C(F)(F)F)c1C(F)(F)F. The molecule has 0 aliphatic rings. The molecule has 0 amide bonds. The molecule has 158 valence electrons. The first-order valence-electron chi connectivity index (χ1n) is 6.05. The summed E-state index contributed by atoms with van der Waals surface area (Å²) in [6.07, 6.45) is -27.0. The predicted octanol–water partition coefficient (Wildman–Crippen LogP) is 5.98. The van der Waals surface area contributed by atoms with Crippen LogP contribution < -0.4 is 0 Å². The molecule has 0 unspecified atom stereocenters. The fourth-order valence-electron chi connectivity index (χ4n) is 2.28. The van der Waals surface area contributed by atoms with Crippen LogP contribution in [0.3, 0.4) is 0 Å². The molecule has 0 saturated carbocycles. The second kappa shape index (κ2) is 6.58. The maximum Gasteiger partial charge on any atom is 0.417 e. The van der Waals surface area contributed by atoms with Gasteiger partial charge in [-0.25, -0.2) is 0 Å². The summed E-state index contributed by atoms with van der Waals surface area (Å²) in [5.41, 5.74) is -23.1. The van der Waals surface area contributed by atoms with Gasteiger partial charge >= 0.3 is 36.8 Å². The van der Waals surface area contributed by atoms with Gasteiger partial charge in [0, 0.05) is 0 Å². The molecular weight excluding hydrogens is 442 g/mol. The van der Waals surface area contributed by atoms with Crippen LogP contribution >= 0.6 is 0 Å². The molecule has 0 fully saturated rings. The van der Waals surface area contributed by atoms with Gasteiger partial charge in [0.15, 0.2) is 0 Å². The lowest BCUT2D eigenvalue weighted by Crippen LogP contribution is -2.32. The summed E-state index contributed by atoms with van der Waals surface area (Å²) in [6, 6.07) is -7.96. The van der Waals surface area contributed by atoms with Crippen LogP contribution in [0.25, 0.3) is 0 Å². The van der Waals surface area contributed by atoms with Gasteiger partial charge in [0.05, 0.1) is 33.4 Å². The molecule has 0 bridgehead atoms. The van der Waals surface area contributed by atoms with E-state index in [4.69, 9.17) is 0 Å². The van der Waals surface area contributed by atoms with Crippen LogP contribution in [0.1, 0.15) is 43.0 Å². The van der Waals surface area contributed by atoms with Crippen molar-refractivity contribution in [1.82, 2.24) is 0 Å². The molecular formula is C12F14O2. The highest BCUT2D eigenvalue weighted by molar-refractivity contribution is 6.00. The molecule has 0 aromatic heterocycles. The number of benzene rings is 1. The van der Waals surface area contributed by atoms with Crippen molar-refractivity contribution in [2.24, 2.45) is 0 Å². The van der Waals surface area contributed by atoms with Gasteiger partial charge < -0.3 is 0 Å². The monoisotopic (exact) mass is 442 g/mol. The lowest BCUT2D eigenvalue weighted by Gasteiger charge is -2.26. The molecule has 0 N–H and O–H groups in total. The summed E-state index contributed by atoms with van der Waals surface area (Å²) in [6.45, 7) is 0. The fraction of sp³-hybridized carbons (Fsp3) is 0.333. The highest BCUT2D eigenvalue weighted by Gasteiger charge is 2.58. The summed E-state index contributed by atoms with van der Waals surface area (Å²) < 4.78 is 181. The Morgan fingerprint density at radius 1 is 0.429 bits per heavy atom. The normalized spacial score (nSPS) is 13.6. The third kappa shape index (κ3) is 4.19. The van der Waals surface area contributed by atoms with E-state index in [1.54, 1.807) is 0 Å². The topological polar surface area (TPSA) is 34.1 Å². The maximum atomic E-state index is 12.9. The summed E-state index contributed by atoms with van der Waals surface area (Å²) in [5, 5.41) is 0. The van der Waals surface area contributed by atoms with E-state index in [9.17, 15) is 71.1 Å². The summed E-state index contributed by atoms with van der Waals surface area (Å²) in [7, 11) is 0. The van der Waals surface area contributed by atoms with Gasteiger partial charge in [0.25, 0.3) is 0 Å². The third-order valence-corrected chi connectivity index (χ3v) is 3.03. The molecule has 2 nitrogen and oxygen atoms in total. The van der Waals surface area contributed by atoms with Crippen LogP contribution in [0.2, 0.25) is 0 Å². The Bertz CT molecular complexity index is 699. The van der Waals surface area contributed by atoms with Crippen molar-refractivity contribution in [1.29, 1.82) is 0 Å². The number of hydrogen-bond donors (Lipinski definition) is 0. The van der Waals surface area contributed by atoms with E-state index in [-0.39, 0.29) is 0 Å². The first-order valence-corrected chi connectivity index (χ1v) is 6.05. The zero-order chi connectivity index (χ0) is 22.6. The summed E-state index contributed by atoms with van der Waals surface area (Å²) in [4.78, 5) is 21.3. The average Bonchev–Trinajstić information content (AvgIpc) is 2.39. The quantitative estimate of drug-likeness (QED) is 0.417. The van der Waals surface area contributed by atoms with Crippen molar-refractivity contribution >= 4 is 12.1 Å². The van der Waals surface area contributed by atoms with Crippen molar-refractivity contribution < 1.29 is 71.1 Å². The van der Waals surface area contributed by atoms with E-state index in [0.717, 1.165) is 0 Å². The molecule has 0 aliphatic heterocycles. The number of carbonyl (C=O) groups excluding carboxylic acids is 2. The smallest absolute Gasteiger partial charge is 0.255 e. The second-order valence-corrected chi connectivity index (χ2v) is 4.79. The minimum absolute atomic E-state index is 3.70. The zero-order valence-corrected chi connectivity index (χ0v) is 12.1. The van der Waals surface area contributed by atoms with Crippen LogP contribution in [0, 0.1) is 0 Å². The molecule has 0 spiro atoms. The van der Waals surface area contributed by atoms with Crippen molar-refractivity contribution in [3.05, 3.63) is 33.4 Å². The Hall–Kier alpha value is -2.42. The van der Waals surface area contributed by atoms with Gasteiger partial charge in [0.1, 0.15) is 0 Å². The minimum Gasteiger partial charge on any atom is -0.255 e. The predicted molar refractivity (Wildman–Crippen MR) is 57.3 cm³/mol. The van der Waals surface area contributed by atoms with Gasteiger partial charge in [-0.3, -0.25) is 9.59 Å². The number of alkyl halides is 12. The Labute approximate surface area is 142 Å². The highest BCUT2D eigenvalue weighted by Crippen LogP contribution is 2.53. The second-order valence-electron chi connectivity index (χ2n) is 4.79. The van der Waals surface area contributed by atoms with Gasteiger partial charge in [-0.05, 0) is 0 Å². The molecule has 16 heteroatoms. The third-order valence-electron chi connectivity index (χ3n) is 3.03. The van der Waals surface area contributed by atoms with E-state index >= 15 is 0 Å². The minimum atomic E-state index is -6.75. The van der Waals surface area contributed by atoms with E-state index < -0.39 is 70.2 Å². The van der Waals surface area contributed by atoms with Crippen LogP contribution in [0.15, 0.2) is 0 Å². The Morgan fingerprint density at radius 2 is 0.571 bits per heavy atom. The molecule has 0 radical (unpaired) electrons.